The largest absolute Gasteiger partial charge is 0.322 e. The van der Waals surface area contributed by atoms with E-state index in [1.165, 1.54) is 0 Å². The number of amides is 1. The molecule has 0 saturated heterocycles. The molecule has 0 spiro atoms. The summed E-state index contributed by atoms with van der Waals surface area (Å²) in [5.41, 5.74) is -0.603. The molecule has 0 bridgehead atoms. The molecule has 1 rings (SSSR count). The third kappa shape index (κ3) is 4.37. The summed E-state index contributed by atoms with van der Waals surface area (Å²) < 4.78 is 62.3. The minimum absolute atomic E-state index is 0.603. The highest BCUT2D eigenvalue weighted by atomic mass is 35.5. The lowest BCUT2D eigenvalue weighted by atomic mass is 10.3. The van der Waals surface area contributed by atoms with Crippen LogP contribution in [0.5, 0.6) is 0 Å². The van der Waals surface area contributed by atoms with Crippen LogP contribution in [0.4, 0.5) is 18.9 Å². The summed E-state index contributed by atoms with van der Waals surface area (Å²) >= 11 is 5.07. The van der Waals surface area contributed by atoms with E-state index in [2.05, 4.69) is 0 Å². The smallest absolute Gasteiger partial charge is 0.239 e. The standard InChI is InChI=1S/C9H8ClF3N2O3S/c10-4-19(17,18)14-3-7(16)15-6-2-1-5(11)8(12)9(6)13/h1-2,14H,3-4H2,(H,15,16). The molecule has 0 aliphatic rings. The fraction of sp³-hybridized carbons (Fsp3) is 0.222. The summed E-state index contributed by atoms with van der Waals surface area (Å²) in [6.45, 7) is -0.715. The molecule has 106 valence electrons. The molecule has 0 unspecified atom stereocenters. The molecule has 0 aliphatic carbocycles. The van der Waals surface area contributed by atoms with Gasteiger partial charge in [0.2, 0.25) is 15.9 Å². The zero-order chi connectivity index (χ0) is 14.6. The van der Waals surface area contributed by atoms with Gasteiger partial charge in [0.1, 0.15) is 5.21 Å². The Morgan fingerprint density at radius 3 is 2.42 bits per heavy atom. The van der Waals surface area contributed by atoms with E-state index in [-0.39, 0.29) is 0 Å². The van der Waals surface area contributed by atoms with E-state index < -0.39 is 50.8 Å². The number of alkyl halides is 1. The highest BCUT2D eigenvalue weighted by Crippen LogP contribution is 2.19. The Morgan fingerprint density at radius 1 is 1.21 bits per heavy atom. The molecular formula is C9H8ClF3N2O3S. The van der Waals surface area contributed by atoms with Crippen LogP contribution in [0.3, 0.4) is 0 Å². The molecule has 0 atom stereocenters. The number of anilines is 1. The van der Waals surface area contributed by atoms with E-state index in [1.807, 2.05) is 10.0 Å². The Hall–Kier alpha value is -1.32. The van der Waals surface area contributed by atoms with Crippen molar-refractivity contribution in [1.29, 1.82) is 0 Å². The summed E-state index contributed by atoms with van der Waals surface area (Å²) in [6, 6.07) is 1.43. The van der Waals surface area contributed by atoms with Crippen LogP contribution >= 0.6 is 11.6 Å². The second kappa shape index (κ2) is 6.22. The lowest BCUT2D eigenvalue weighted by molar-refractivity contribution is -0.115. The van der Waals surface area contributed by atoms with Crippen LogP contribution in [-0.2, 0) is 14.8 Å². The van der Waals surface area contributed by atoms with Crippen molar-refractivity contribution in [3.63, 3.8) is 0 Å². The third-order valence-electron chi connectivity index (χ3n) is 1.91. The van der Waals surface area contributed by atoms with E-state index in [0.29, 0.717) is 6.07 Å². The van der Waals surface area contributed by atoms with Gasteiger partial charge < -0.3 is 5.32 Å². The van der Waals surface area contributed by atoms with Crippen LogP contribution in [0.1, 0.15) is 0 Å². The number of hydrogen-bond donors (Lipinski definition) is 2. The van der Waals surface area contributed by atoms with E-state index >= 15 is 0 Å². The van der Waals surface area contributed by atoms with Gasteiger partial charge in [-0.1, -0.05) is 0 Å². The SMILES string of the molecule is O=C(CNS(=O)(=O)CCl)Nc1ccc(F)c(F)c1F. The molecule has 2 N–H and O–H groups in total. The normalized spacial score (nSPS) is 11.4. The molecule has 1 aromatic carbocycles. The average Bonchev–Trinajstić information content (AvgIpc) is 2.37. The van der Waals surface area contributed by atoms with Crippen molar-refractivity contribution in [2.45, 2.75) is 0 Å². The van der Waals surface area contributed by atoms with E-state index in [9.17, 15) is 26.4 Å². The molecule has 19 heavy (non-hydrogen) atoms. The predicted octanol–water partition coefficient (Wildman–Crippen LogP) is 1.16. The molecule has 1 amide bonds. The first-order chi connectivity index (χ1) is 8.76. The highest BCUT2D eigenvalue weighted by Gasteiger charge is 2.16. The lowest BCUT2D eigenvalue weighted by Crippen LogP contribution is -2.33. The number of carbonyl (C=O) groups excluding carboxylic acids is 1. The Morgan fingerprint density at radius 2 is 1.84 bits per heavy atom. The summed E-state index contributed by atoms with van der Waals surface area (Å²) in [5, 5.41) is 1.13. The van der Waals surface area contributed by atoms with Crippen molar-refractivity contribution in [3.8, 4) is 0 Å². The van der Waals surface area contributed by atoms with Gasteiger partial charge in [0, 0.05) is 0 Å². The number of hydrogen-bond acceptors (Lipinski definition) is 3. The van der Waals surface area contributed by atoms with Crippen molar-refractivity contribution < 1.29 is 26.4 Å². The van der Waals surface area contributed by atoms with Crippen molar-refractivity contribution in [1.82, 2.24) is 4.72 Å². The summed E-state index contributed by atoms with van der Waals surface area (Å²) in [6.07, 6.45) is 0. The molecule has 0 fully saturated rings. The van der Waals surface area contributed by atoms with Gasteiger partial charge in [0.15, 0.2) is 17.5 Å². The Labute approximate surface area is 111 Å². The molecule has 0 saturated carbocycles. The molecule has 10 heteroatoms. The van der Waals surface area contributed by atoms with Crippen LogP contribution in [-0.4, -0.2) is 26.1 Å². The maximum absolute atomic E-state index is 13.2. The summed E-state index contributed by atoms with van der Waals surface area (Å²) in [7, 11) is -3.81. The van der Waals surface area contributed by atoms with Crippen molar-refractivity contribution in [3.05, 3.63) is 29.6 Å². The zero-order valence-electron chi connectivity index (χ0n) is 9.21. The Balaban J connectivity index is 2.71. The van der Waals surface area contributed by atoms with Gasteiger partial charge in [0.05, 0.1) is 12.2 Å². The first kappa shape index (κ1) is 15.7. The monoisotopic (exact) mass is 316 g/mol. The number of benzene rings is 1. The minimum atomic E-state index is -3.81. The molecular weight excluding hydrogens is 309 g/mol. The van der Waals surface area contributed by atoms with Crippen LogP contribution in [0, 0.1) is 17.5 Å². The molecule has 0 aromatic heterocycles. The minimum Gasteiger partial charge on any atom is -0.322 e. The van der Waals surface area contributed by atoms with Crippen LogP contribution in [0.2, 0.25) is 0 Å². The van der Waals surface area contributed by atoms with E-state index in [4.69, 9.17) is 11.6 Å². The predicted molar refractivity (Wildman–Crippen MR) is 62.6 cm³/mol. The topological polar surface area (TPSA) is 75.3 Å². The number of halogens is 4. The Kier molecular flexibility index (Phi) is 5.15. The molecule has 1 aromatic rings. The van der Waals surface area contributed by atoms with E-state index in [0.717, 1.165) is 6.07 Å². The van der Waals surface area contributed by atoms with Crippen LogP contribution < -0.4 is 10.0 Å². The first-order valence-corrected chi connectivity index (χ1v) is 6.92. The number of rotatable bonds is 5. The number of nitrogens with one attached hydrogen (secondary N) is 2. The summed E-state index contributed by atoms with van der Waals surface area (Å²) in [4.78, 5) is 11.3. The number of sulfonamides is 1. The zero-order valence-corrected chi connectivity index (χ0v) is 10.8. The van der Waals surface area contributed by atoms with Crippen molar-refractivity contribution >= 4 is 33.2 Å². The van der Waals surface area contributed by atoms with E-state index in [1.54, 1.807) is 0 Å². The molecule has 5 nitrogen and oxygen atoms in total. The quantitative estimate of drug-likeness (QED) is 0.632. The van der Waals surface area contributed by atoms with Gasteiger partial charge in [0.25, 0.3) is 0 Å². The van der Waals surface area contributed by atoms with Gasteiger partial charge >= 0.3 is 0 Å². The van der Waals surface area contributed by atoms with Gasteiger partial charge in [-0.3, -0.25) is 4.79 Å². The first-order valence-electron chi connectivity index (χ1n) is 4.73. The fourth-order valence-corrected chi connectivity index (χ4v) is 1.69. The maximum Gasteiger partial charge on any atom is 0.239 e. The highest BCUT2D eigenvalue weighted by molar-refractivity contribution is 7.90. The maximum atomic E-state index is 13.2. The van der Waals surface area contributed by atoms with Gasteiger partial charge in [-0.15, -0.1) is 11.6 Å². The average molecular weight is 317 g/mol. The number of carbonyl (C=O) groups is 1. The van der Waals surface area contributed by atoms with Crippen molar-refractivity contribution in [2.24, 2.45) is 0 Å². The van der Waals surface area contributed by atoms with Gasteiger partial charge in [-0.2, -0.15) is 0 Å². The van der Waals surface area contributed by atoms with Crippen LogP contribution in [0.25, 0.3) is 0 Å². The third-order valence-corrected chi connectivity index (χ3v) is 3.64. The molecule has 0 radical (unpaired) electrons. The lowest BCUT2D eigenvalue weighted by Gasteiger charge is -2.07. The molecule has 0 aliphatic heterocycles. The fourth-order valence-electron chi connectivity index (χ4n) is 1.03. The van der Waals surface area contributed by atoms with Crippen molar-refractivity contribution in [2.75, 3.05) is 17.1 Å². The van der Waals surface area contributed by atoms with Gasteiger partial charge in [-0.25, -0.2) is 26.3 Å². The van der Waals surface area contributed by atoms with Crippen LogP contribution in [0.15, 0.2) is 12.1 Å². The second-order valence-corrected chi connectivity index (χ2v) is 5.71. The molecule has 0 heterocycles. The summed E-state index contributed by atoms with van der Waals surface area (Å²) in [5.74, 6) is -5.68. The van der Waals surface area contributed by atoms with Gasteiger partial charge in [-0.05, 0) is 12.1 Å². The second-order valence-electron chi connectivity index (χ2n) is 3.32. The Bertz CT molecular complexity index is 595.